The number of carbonyl (C=O) groups excluding carboxylic acids is 6. The van der Waals surface area contributed by atoms with Gasteiger partial charge in [-0.3, -0.25) is 9.59 Å². The second-order valence-electron chi connectivity index (χ2n) is 26.0. The molecule has 6 aliphatic heterocycles. The van der Waals surface area contributed by atoms with Gasteiger partial charge in [-0.25, -0.2) is 23.6 Å². The van der Waals surface area contributed by atoms with Gasteiger partial charge in [-0.2, -0.15) is 0 Å². The summed E-state index contributed by atoms with van der Waals surface area (Å²) in [7, 11) is 0. The van der Waals surface area contributed by atoms with Gasteiger partial charge in [0.1, 0.15) is 42.9 Å². The van der Waals surface area contributed by atoms with E-state index in [9.17, 15) is 63.8 Å². The summed E-state index contributed by atoms with van der Waals surface area (Å²) < 4.78 is 80.0. The van der Waals surface area contributed by atoms with Gasteiger partial charge < -0.3 is 87.5 Å². The largest absolute Gasteiger partial charge is 0.457 e. The summed E-state index contributed by atoms with van der Waals surface area (Å²) in [6, 6.07) is 31.1. The van der Waals surface area contributed by atoms with Gasteiger partial charge in [0.25, 0.3) is 0 Å². The number of fused-ring (bicyclic) bond motifs is 9. The number of cyclic esters (lactones) is 3. The van der Waals surface area contributed by atoms with Gasteiger partial charge in [0.2, 0.25) is 20.4 Å². The lowest BCUT2D eigenvalue weighted by molar-refractivity contribution is -0.138. The maximum atomic E-state index is 13.4. The van der Waals surface area contributed by atoms with Crippen LogP contribution in [0.5, 0.6) is 51.7 Å². The Kier molecular flexibility index (Phi) is 17.9. The maximum absolute atomic E-state index is 13.4. The molecule has 0 amide bonds. The van der Waals surface area contributed by atoms with E-state index in [2.05, 4.69) is 0 Å². The monoisotopic (exact) mass is 1430 g/mol. The first kappa shape index (κ1) is 67.8. The molecular weight excluding hydrogens is 1360 g/mol. The van der Waals surface area contributed by atoms with E-state index in [0.717, 1.165) is 50.7 Å². The second kappa shape index (κ2) is 27.8. The van der Waals surface area contributed by atoms with Crippen LogP contribution in [0.15, 0.2) is 115 Å². The fraction of sp³-hybridized carbons (Fsp3) is 0.250. The van der Waals surface area contributed by atoms with Crippen molar-refractivity contribution in [3.63, 3.8) is 0 Å². The molecule has 25 heteroatoms. The van der Waals surface area contributed by atoms with Crippen LogP contribution in [0.3, 0.4) is 0 Å². The molecule has 18 rings (SSSR count). The first-order chi connectivity index (χ1) is 51.1. The van der Waals surface area contributed by atoms with Crippen molar-refractivity contribution in [3.05, 3.63) is 193 Å². The molecule has 2 saturated carbocycles. The Labute approximate surface area is 595 Å². The second-order valence-corrected chi connectivity index (χ2v) is 26.0. The molecule has 0 saturated heterocycles. The minimum absolute atomic E-state index is 0.0227. The molecule has 6 N–H and O–H groups in total. The fourth-order valence-electron chi connectivity index (χ4n) is 14.5. The zero-order chi connectivity index (χ0) is 72.5. The predicted molar refractivity (Wildman–Crippen MR) is 367 cm³/mol. The van der Waals surface area contributed by atoms with Crippen LogP contribution in [-0.4, -0.2) is 86.8 Å². The lowest BCUT2D eigenvalue weighted by Gasteiger charge is -2.19. The third-order valence-electron chi connectivity index (χ3n) is 20.0. The number of aliphatic hydroxyl groups excluding tert-OH is 6. The van der Waals surface area contributed by atoms with E-state index in [1.54, 1.807) is 78.9 Å². The summed E-state index contributed by atoms with van der Waals surface area (Å²) in [4.78, 5) is 77.5. The topological polar surface area (TPSA) is 335 Å². The van der Waals surface area contributed by atoms with Crippen molar-refractivity contribution in [1.29, 1.82) is 0 Å². The number of benzene rings is 10. The van der Waals surface area contributed by atoms with Gasteiger partial charge in [0, 0.05) is 49.5 Å². The predicted octanol–water partition coefficient (Wildman–Crippen LogP) is 11.4. The van der Waals surface area contributed by atoms with Gasteiger partial charge in [-0.05, 0) is 189 Å². The Morgan fingerprint density at radius 2 is 0.657 bits per heavy atom. The van der Waals surface area contributed by atoms with Crippen LogP contribution in [-0.2, 0) is 83.3 Å². The van der Waals surface area contributed by atoms with E-state index in [1.807, 2.05) is 12.1 Å². The van der Waals surface area contributed by atoms with Gasteiger partial charge in [0.15, 0.2) is 34.5 Å². The van der Waals surface area contributed by atoms with Gasteiger partial charge in [0.05, 0.1) is 73.7 Å². The molecule has 0 aromatic heterocycles. The van der Waals surface area contributed by atoms with E-state index < -0.39 is 29.7 Å². The van der Waals surface area contributed by atoms with Crippen molar-refractivity contribution in [2.24, 2.45) is 11.8 Å². The smallest absolute Gasteiger partial charge is 0.343 e. The number of carbonyl (C=O) groups is 6. The lowest BCUT2D eigenvalue weighted by atomic mass is 9.87. The van der Waals surface area contributed by atoms with E-state index in [4.69, 9.17) is 56.8 Å². The number of rotatable bonds is 15. The molecule has 534 valence electrons. The molecule has 0 radical (unpaired) electrons. The van der Waals surface area contributed by atoms with Crippen molar-refractivity contribution in [2.45, 2.75) is 98.0 Å². The SMILES string of the molecule is O=C(Oc1c2c(c(-c3ccc4c(c3)OCO4)c3cc(CO)c(CO)cc13)C(=O)OC2)c1ccc(F)cc1.O=C1OCc2c1c(-c1ccc3c(c1)OCO3)c1cc(CO)c(CO)cc1c2OC(=O)C1CC1.O=C1OCc2c1c(-c1ccc3c(c1)OCO3)c1cc(CO)c(CO)cc1c2OC(=O)C1CCCC1. The minimum Gasteiger partial charge on any atom is -0.457 e. The number of halogens is 1. The summed E-state index contributed by atoms with van der Waals surface area (Å²) in [6.45, 7) is -1.80. The Hall–Kier alpha value is -11.7. The summed E-state index contributed by atoms with van der Waals surface area (Å²) in [5, 5.41) is 62.9. The first-order valence-electron chi connectivity index (χ1n) is 33.9. The van der Waals surface area contributed by atoms with E-state index in [1.165, 1.54) is 12.1 Å². The van der Waals surface area contributed by atoms with Crippen LogP contribution < -0.4 is 42.6 Å². The molecule has 2 aliphatic carbocycles. The average molecular weight is 1430 g/mol. The molecule has 10 aromatic rings. The summed E-state index contributed by atoms with van der Waals surface area (Å²) in [5.41, 5.74) is 8.96. The van der Waals surface area contributed by atoms with Crippen LogP contribution in [0.1, 0.15) is 130 Å². The standard InChI is InChI=1S/C28H19FO8.C27H24O8.C25H20O8/c29-18-4-1-14(2-5-18)27(32)37-26-20-8-17(11-31)16(10-30)7-19(20)24(25-21(26)12-34-28(25)33)15-3-6-22-23(9-15)36-13-35-22;28-10-16-7-18-19(8-17(16)11-29)25(35-26(30)14-3-1-2-4-14)20-12-32-27(31)24(20)23(18)15-5-6-21-22(9-15)34-13-33-21;26-8-14-5-16-17(6-15(14)9-27)23(33-24(28)12-1-2-12)18-10-30-25(29)22(18)21(16)13-3-4-19-20(7-13)32-11-31-19/h1-9,30-31H,10-13H2;5-9,14,28-29H,1-4,10-13H2;3-7,12,26-27H,1-2,8-11H2. The highest BCUT2D eigenvalue weighted by Gasteiger charge is 2.40. The lowest BCUT2D eigenvalue weighted by Crippen LogP contribution is -2.19. The van der Waals surface area contributed by atoms with Crippen molar-refractivity contribution in [1.82, 2.24) is 0 Å². The van der Waals surface area contributed by atoms with Crippen LogP contribution in [0.25, 0.3) is 65.7 Å². The molecule has 105 heavy (non-hydrogen) atoms. The molecule has 2 fully saturated rings. The molecule has 0 spiro atoms. The molecule has 0 atom stereocenters. The third kappa shape index (κ3) is 12.2. The number of ether oxygens (including phenoxy) is 12. The zero-order valence-electron chi connectivity index (χ0n) is 55.8. The normalized spacial score (nSPS) is 15.4. The number of hydrogen-bond acceptors (Lipinski definition) is 24. The summed E-state index contributed by atoms with van der Waals surface area (Å²) >= 11 is 0. The molecule has 10 aromatic carbocycles. The number of esters is 6. The van der Waals surface area contributed by atoms with Crippen LogP contribution in [0.4, 0.5) is 4.39 Å². The van der Waals surface area contributed by atoms with Crippen LogP contribution >= 0.6 is 0 Å². The van der Waals surface area contributed by atoms with Crippen molar-refractivity contribution < 1.29 is 121 Å². The fourth-order valence-corrected chi connectivity index (χ4v) is 14.5. The molecular formula is C80H63FO24. The third-order valence-corrected chi connectivity index (χ3v) is 20.0. The number of hydrogen-bond donors (Lipinski definition) is 6. The highest BCUT2D eigenvalue weighted by molar-refractivity contribution is 6.17. The minimum atomic E-state index is -0.754. The van der Waals surface area contributed by atoms with Crippen molar-refractivity contribution in [3.8, 4) is 85.1 Å². The van der Waals surface area contributed by atoms with Crippen molar-refractivity contribution >= 4 is 68.1 Å². The quantitative estimate of drug-likeness (QED) is 0.0315. The zero-order valence-corrected chi connectivity index (χ0v) is 55.8. The van der Waals surface area contributed by atoms with Crippen LogP contribution in [0, 0.1) is 17.7 Å². The van der Waals surface area contributed by atoms with E-state index >= 15 is 0 Å². The van der Waals surface area contributed by atoms with E-state index in [0.29, 0.717) is 161 Å². The first-order valence-corrected chi connectivity index (χ1v) is 33.9. The van der Waals surface area contributed by atoms with E-state index in [-0.39, 0.29) is 132 Å². The average Bonchev–Trinajstić information content (AvgIpc) is 1.70. The maximum Gasteiger partial charge on any atom is 0.343 e. The summed E-state index contributed by atoms with van der Waals surface area (Å²) in [5.74, 6) is 0.181. The Morgan fingerprint density at radius 1 is 0.352 bits per heavy atom. The Balaban J connectivity index is 0.000000121. The molecule has 0 unspecified atom stereocenters. The van der Waals surface area contributed by atoms with Crippen molar-refractivity contribution in [2.75, 3.05) is 20.4 Å². The summed E-state index contributed by atoms with van der Waals surface area (Å²) in [6.07, 6.45) is 5.08. The number of aliphatic hydroxyl groups is 6. The van der Waals surface area contributed by atoms with Gasteiger partial charge in [-0.1, -0.05) is 31.0 Å². The van der Waals surface area contributed by atoms with Crippen LogP contribution in [0.2, 0.25) is 0 Å². The Bertz CT molecular complexity index is 5340. The molecule has 24 nitrogen and oxygen atoms in total. The van der Waals surface area contributed by atoms with Gasteiger partial charge in [-0.15, -0.1) is 0 Å². The van der Waals surface area contributed by atoms with Gasteiger partial charge >= 0.3 is 35.8 Å². The highest BCUT2D eigenvalue weighted by atomic mass is 19.1. The molecule has 6 heterocycles. The Morgan fingerprint density at radius 3 is 0.981 bits per heavy atom. The highest BCUT2D eigenvalue weighted by Crippen LogP contribution is 2.52. The molecule has 8 aliphatic rings. The molecule has 0 bridgehead atoms.